The molecule has 5 nitrogen and oxygen atoms in total. The third-order valence-corrected chi connectivity index (χ3v) is 2.18. The second-order valence-electron chi connectivity index (χ2n) is 4.47. The Morgan fingerprint density at radius 2 is 2.25 bits per heavy atom. The van der Waals surface area contributed by atoms with E-state index < -0.39 is 11.6 Å². The van der Waals surface area contributed by atoms with Gasteiger partial charge in [-0.25, -0.2) is 4.79 Å². The van der Waals surface area contributed by atoms with Crippen molar-refractivity contribution >= 4 is 11.7 Å². The summed E-state index contributed by atoms with van der Waals surface area (Å²) in [6, 6.07) is 1.56. The Hall–Kier alpha value is -1.49. The predicted molar refractivity (Wildman–Crippen MR) is 61.0 cm³/mol. The lowest BCUT2D eigenvalue weighted by Crippen LogP contribution is -2.22. The lowest BCUT2D eigenvalue weighted by molar-refractivity contribution is 0.0237. The molecule has 5 heteroatoms. The van der Waals surface area contributed by atoms with Gasteiger partial charge in [0, 0.05) is 19.7 Å². The Labute approximate surface area is 94.8 Å². The molecule has 1 aromatic heterocycles. The molecule has 1 heterocycles. The van der Waals surface area contributed by atoms with E-state index >= 15 is 0 Å². The largest absolute Gasteiger partial charge is 0.461 e. The van der Waals surface area contributed by atoms with Crippen LogP contribution in [0.3, 0.4) is 0 Å². The maximum Gasteiger partial charge on any atom is 0.355 e. The topological polar surface area (TPSA) is 77.5 Å². The normalized spacial score (nSPS) is 11.5. The minimum absolute atomic E-state index is 0.188. The molecular formula is C11H18N2O3. The van der Waals surface area contributed by atoms with E-state index in [4.69, 9.17) is 10.5 Å². The first-order chi connectivity index (χ1) is 7.29. The zero-order valence-corrected chi connectivity index (χ0v) is 9.86. The van der Waals surface area contributed by atoms with Crippen LogP contribution < -0.4 is 5.73 Å². The van der Waals surface area contributed by atoms with Gasteiger partial charge in [0.2, 0.25) is 0 Å². The summed E-state index contributed by atoms with van der Waals surface area (Å²) in [4.78, 5) is 11.6. The predicted octanol–water partition coefficient (Wildman–Crippen LogP) is 0.925. The quantitative estimate of drug-likeness (QED) is 0.748. The SMILES string of the molecule is Cn1cc(N)cc1C(=O)OCCC(C)(C)O. The number of carbonyl (C=O) groups is 1. The van der Waals surface area contributed by atoms with Gasteiger partial charge in [0.15, 0.2) is 0 Å². The molecule has 0 saturated heterocycles. The molecule has 0 bridgehead atoms. The van der Waals surface area contributed by atoms with Crippen LogP contribution in [0.4, 0.5) is 5.69 Å². The van der Waals surface area contributed by atoms with Gasteiger partial charge in [-0.15, -0.1) is 0 Å². The molecule has 0 spiro atoms. The molecule has 3 N–H and O–H groups in total. The van der Waals surface area contributed by atoms with Gasteiger partial charge in [0.05, 0.1) is 17.9 Å². The third kappa shape index (κ3) is 3.58. The number of rotatable bonds is 4. The van der Waals surface area contributed by atoms with Crippen LogP contribution in [-0.4, -0.2) is 27.9 Å². The summed E-state index contributed by atoms with van der Waals surface area (Å²) in [6.45, 7) is 3.52. The second kappa shape index (κ2) is 4.57. The van der Waals surface area contributed by atoms with Crippen molar-refractivity contribution in [2.45, 2.75) is 25.9 Å². The molecule has 1 aromatic rings. The summed E-state index contributed by atoms with van der Waals surface area (Å²) in [5.74, 6) is -0.427. The first kappa shape index (κ1) is 12.6. The van der Waals surface area contributed by atoms with E-state index in [0.717, 1.165) is 0 Å². The van der Waals surface area contributed by atoms with Gasteiger partial charge >= 0.3 is 5.97 Å². The number of hydrogen-bond acceptors (Lipinski definition) is 4. The summed E-state index contributed by atoms with van der Waals surface area (Å²) in [5, 5.41) is 9.44. The maximum absolute atomic E-state index is 11.6. The first-order valence-corrected chi connectivity index (χ1v) is 5.11. The highest BCUT2D eigenvalue weighted by molar-refractivity contribution is 5.89. The maximum atomic E-state index is 11.6. The molecule has 0 aliphatic carbocycles. The van der Waals surface area contributed by atoms with Crippen LogP contribution in [0.25, 0.3) is 0 Å². The average molecular weight is 226 g/mol. The zero-order chi connectivity index (χ0) is 12.3. The number of aromatic nitrogens is 1. The lowest BCUT2D eigenvalue weighted by atomic mass is 10.1. The van der Waals surface area contributed by atoms with Crippen molar-refractivity contribution in [1.29, 1.82) is 0 Å². The van der Waals surface area contributed by atoms with Gasteiger partial charge in [0.1, 0.15) is 5.69 Å². The van der Waals surface area contributed by atoms with Gasteiger partial charge < -0.3 is 20.1 Å². The minimum atomic E-state index is -0.826. The van der Waals surface area contributed by atoms with Crippen LogP contribution in [0.2, 0.25) is 0 Å². The van der Waals surface area contributed by atoms with E-state index in [1.807, 2.05) is 0 Å². The van der Waals surface area contributed by atoms with E-state index in [-0.39, 0.29) is 6.61 Å². The number of ether oxygens (including phenoxy) is 1. The molecule has 16 heavy (non-hydrogen) atoms. The molecule has 0 atom stereocenters. The van der Waals surface area contributed by atoms with Gasteiger partial charge in [-0.05, 0) is 19.9 Å². The van der Waals surface area contributed by atoms with Crippen molar-refractivity contribution in [2.24, 2.45) is 7.05 Å². The number of nitrogens with zero attached hydrogens (tertiary/aromatic N) is 1. The molecule has 0 fully saturated rings. The number of aryl methyl sites for hydroxylation is 1. The van der Waals surface area contributed by atoms with Crippen LogP contribution in [0.5, 0.6) is 0 Å². The molecule has 0 aliphatic heterocycles. The Morgan fingerprint density at radius 3 is 2.69 bits per heavy atom. The molecule has 1 rings (SSSR count). The van der Waals surface area contributed by atoms with Crippen molar-refractivity contribution in [3.63, 3.8) is 0 Å². The Morgan fingerprint density at radius 1 is 1.62 bits per heavy atom. The molecule has 0 radical (unpaired) electrons. The summed E-state index contributed by atoms with van der Waals surface area (Å²) in [6.07, 6.45) is 2.05. The van der Waals surface area contributed by atoms with Gasteiger partial charge in [-0.3, -0.25) is 0 Å². The number of nitrogens with two attached hydrogens (primary N) is 1. The summed E-state index contributed by atoms with van der Waals surface area (Å²) < 4.78 is 6.64. The highest BCUT2D eigenvalue weighted by Crippen LogP contribution is 2.11. The third-order valence-electron chi connectivity index (χ3n) is 2.18. The number of carbonyl (C=O) groups excluding carboxylic acids is 1. The Balaban J connectivity index is 2.51. The first-order valence-electron chi connectivity index (χ1n) is 5.11. The van der Waals surface area contributed by atoms with Crippen molar-refractivity contribution in [2.75, 3.05) is 12.3 Å². The highest BCUT2D eigenvalue weighted by atomic mass is 16.5. The van der Waals surface area contributed by atoms with Crippen LogP contribution in [0.15, 0.2) is 12.3 Å². The summed E-state index contributed by atoms with van der Waals surface area (Å²) in [7, 11) is 1.73. The molecule has 0 unspecified atom stereocenters. The summed E-state index contributed by atoms with van der Waals surface area (Å²) >= 11 is 0. The molecular weight excluding hydrogens is 208 g/mol. The van der Waals surface area contributed by atoms with Crippen LogP contribution in [-0.2, 0) is 11.8 Å². The fourth-order valence-electron chi connectivity index (χ4n) is 1.26. The van der Waals surface area contributed by atoms with Crippen LogP contribution >= 0.6 is 0 Å². The van der Waals surface area contributed by atoms with Crippen molar-refractivity contribution in [3.8, 4) is 0 Å². The number of anilines is 1. The van der Waals surface area contributed by atoms with Gasteiger partial charge in [-0.1, -0.05) is 0 Å². The average Bonchev–Trinajstić information content (AvgIpc) is 2.43. The monoisotopic (exact) mass is 226 g/mol. The molecule has 0 amide bonds. The van der Waals surface area contributed by atoms with Crippen molar-refractivity contribution < 1.29 is 14.6 Å². The van der Waals surface area contributed by atoms with Gasteiger partial charge in [-0.2, -0.15) is 0 Å². The number of nitrogen functional groups attached to an aromatic ring is 1. The van der Waals surface area contributed by atoms with E-state index in [0.29, 0.717) is 17.8 Å². The fourth-order valence-corrected chi connectivity index (χ4v) is 1.26. The second-order valence-corrected chi connectivity index (χ2v) is 4.47. The fraction of sp³-hybridized carbons (Fsp3) is 0.545. The number of hydrogen-bond donors (Lipinski definition) is 2. The van der Waals surface area contributed by atoms with E-state index in [9.17, 15) is 9.90 Å². The van der Waals surface area contributed by atoms with Crippen molar-refractivity contribution in [1.82, 2.24) is 4.57 Å². The van der Waals surface area contributed by atoms with Crippen molar-refractivity contribution in [3.05, 3.63) is 18.0 Å². The number of aliphatic hydroxyl groups is 1. The lowest BCUT2D eigenvalue weighted by Gasteiger charge is -2.16. The number of esters is 1. The van der Waals surface area contributed by atoms with E-state index in [2.05, 4.69) is 0 Å². The highest BCUT2D eigenvalue weighted by Gasteiger charge is 2.16. The van der Waals surface area contributed by atoms with Gasteiger partial charge in [0.25, 0.3) is 0 Å². The van der Waals surface area contributed by atoms with Crippen LogP contribution in [0.1, 0.15) is 30.8 Å². The summed E-state index contributed by atoms with van der Waals surface area (Å²) in [5.41, 5.74) is 5.66. The molecule has 0 aromatic carbocycles. The van der Waals surface area contributed by atoms with E-state index in [1.54, 1.807) is 37.7 Å². The zero-order valence-electron chi connectivity index (χ0n) is 9.86. The minimum Gasteiger partial charge on any atom is -0.461 e. The Bertz CT molecular complexity index is 377. The molecule has 90 valence electrons. The standard InChI is InChI=1S/C11H18N2O3/c1-11(2,15)4-5-16-10(14)9-6-8(12)7-13(9)3/h6-7,15H,4-5,12H2,1-3H3. The van der Waals surface area contributed by atoms with Crippen LogP contribution in [0, 0.1) is 0 Å². The van der Waals surface area contributed by atoms with E-state index in [1.165, 1.54) is 0 Å². The Kier molecular flexibility index (Phi) is 3.59. The molecule has 0 aliphatic rings. The molecule has 0 saturated carbocycles. The smallest absolute Gasteiger partial charge is 0.355 e.